The van der Waals surface area contributed by atoms with Crippen LogP contribution >= 0.6 is 35.6 Å². The van der Waals surface area contributed by atoms with E-state index in [0.29, 0.717) is 10.8 Å². The maximum Gasteiger partial charge on any atom is 0.234 e. The number of benzene rings is 1. The Hall–Kier alpha value is -0.820. The summed E-state index contributed by atoms with van der Waals surface area (Å²) in [5, 5.41) is 3.54. The highest BCUT2D eigenvalue weighted by Gasteiger charge is 2.19. The van der Waals surface area contributed by atoms with E-state index >= 15 is 0 Å². The van der Waals surface area contributed by atoms with Crippen LogP contribution in [-0.4, -0.2) is 54.1 Å². The Kier molecular flexibility index (Phi) is 6.50. The van der Waals surface area contributed by atoms with Gasteiger partial charge in [-0.2, -0.15) is 0 Å². The summed E-state index contributed by atoms with van der Waals surface area (Å²) in [4.78, 5) is 15.8. The number of likely N-dealkylation sites (N-methyl/N-ethyl adjacent to an activating group) is 1. The van der Waals surface area contributed by atoms with Crippen LogP contribution in [-0.2, 0) is 4.79 Å². The molecule has 2 N–H and O–H groups in total. The SMILES string of the molecule is Cc1c(Cl)cccc1NC(=O)CSC(=S)N1CC[NH+](C)CC1. The lowest BCUT2D eigenvalue weighted by molar-refractivity contribution is -0.883. The highest BCUT2D eigenvalue weighted by molar-refractivity contribution is 8.23. The van der Waals surface area contributed by atoms with Gasteiger partial charge in [0.15, 0.2) is 0 Å². The number of thioether (sulfide) groups is 1. The van der Waals surface area contributed by atoms with Gasteiger partial charge >= 0.3 is 0 Å². The third kappa shape index (κ3) is 4.84. The van der Waals surface area contributed by atoms with Gasteiger partial charge in [0.25, 0.3) is 0 Å². The fraction of sp³-hybridized carbons (Fsp3) is 0.467. The molecule has 1 aliphatic rings. The molecule has 1 saturated heterocycles. The van der Waals surface area contributed by atoms with Gasteiger partial charge in [-0.15, -0.1) is 0 Å². The largest absolute Gasteiger partial charge is 0.346 e. The molecule has 7 heteroatoms. The predicted octanol–water partition coefficient (Wildman–Crippen LogP) is 1.44. The van der Waals surface area contributed by atoms with Crippen molar-refractivity contribution in [3.8, 4) is 0 Å². The average molecular weight is 359 g/mol. The number of nitrogens with zero attached hydrogens (tertiary/aromatic N) is 1. The van der Waals surface area contributed by atoms with E-state index in [1.54, 1.807) is 0 Å². The standard InChI is InChI=1S/C15H20ClN3OS2/c1-11-12(16)4-3-5-13(11)17-14(20)10-22-15(21)19-8-6-18(2)7-9-19/h3-5H,6-10H2,1-2H3,(H,17,20)/p+1. The van der Waals surface area contributed by atoms with Gasteiger partial charge in [0, 0.05) is 10.7 Å². The van der Waals surface area contributed by atoms with E-state index in [-0.39, 0.29) is 5.91 Å². The maximum absolute atomic E-state index is 12.1. The second-order valence-corrected chi connectivity index (χ2v) is 7.48. The molecule has 0 aromatic heterocycles. The molecular formula is C15H21ClN3OS2+. The highest BCUT2D eigenvalue weighted by atomic mass is 35.5. The summed E-state index contributed by atoms with van der Waals surface area (Å²) in [5.74, 6) is 0.265. The van der Waals surface area contributed by atoms with Crippen molar-refractivity contribution in [2.45, 2.75) is 6.92 Å². The number of carbonyl (C=O) groups is 1. The molecule has 1 aliphatic heterocycles. The molecule has 0 atom stereocenters. The Morgan fingerprint density at radius 1 is 1.45 bits per heavy atom. The molecule has 2 rings (SSSR count). The molecule has 4 nitrogen and oxygen atoms in total. The van der Waals surface area contributed by atoms with Crippen molar-refractivity contribution in [2.24, 2.45) is 0 Å². The molecule has 0 bridgehead atoms. The number of amides is 1. The van der Waals surface area contributed by atoms with E-state index in [1.165, 1.54) is 16.7 Å². The van der Waals surface area contributed by atoms with Crippen LogP contribution in [0, 0.1) is 6.92 Å². The Morgan fingerprint density at radius 2 is 2.14 bits per heavy atom. The van der Waals surface area contributed by atoms with Crippen LogP contribution in [0.25, 0.3) is 0 Å². The lowest BCUT2D eigenvalue weighted by Gasteiger charge is -2.31. The van der Waals surface area contributed by atoms with Gasteiger partial charge in [0.1, 0.15) is 4.32 Å². The number of hydrogen-bond acceptors (Lipinski definition) is 3. The number of quaternary nitrogens is 1. The minimum Gasteiger partial charge on any atom is -0.346 e. The summed E-state index contributed by atoms with van der Waals surface area (Å²) >= 11 is 12.9. The second kappa shape index (κ2) is 8.15. The number of nitrogens with one attached hydrogen (secondary N) is 2. The average Bonchev–Trinajstić information content (AvgIpc) is 2.50. The summed E-state index contributed by atoms with van der Waals surface area (Å²) < 4.78 is 0.811. The van der Waals surface area contributed by atoms with Gasteiger partial charge in [-0.25, -0.2) is 0 Å². The third-order valence-corrected chi connectivity index (χ3v) is 5.68. The molecular weight excluding hydrogens is 338 g/mol. The highest BCUT2D eigenvalue weighted by Crippen LogP contribution is 2.23. The third-order valence-electron chi connectivity index (χ3n) is 3.74. The number of carbonyl (C=O) groups excluding carboxylic acids is 1. The number of thiocarbonyl (C=S) groups is 1. The van der Waals surface area contributed by atoms with Crippen LogP contribution in [0.4, 0.5) is 5.69 Å². The number of hydrogen-bond donors (Lipinski definition) is 2. The van der Waals surface area contributed by atoms with Crippen molar-refractivity contribution >= 4 is 51.5 Å². The van der Waals surface area contributed by atoms with Crippen molar-refractivity contribution in [1.82, 2.24) is 4.90 Å². The number of halogens is 1. The zero-order chi connectivity index (χ0) is 16.1. The smallest absolute Gasteiger partial charge is 0.234 e. The van der Waals surface area contributed by atoms with E-state index in [2.05, 4.69) is 17.3 Å². The zero-order valence-electron chi connectivity index (χ0n) is 12.8. The van der Waals surface area contributed by atoms with E-state index in [0.717, 1.165) is 41.8 Å². The van der Waals surface area contributed by atoms with E-state index in [1.807, 2.05) is 25.1 Å². The molecule has 1 aromatic carbocycles. The van der Waals surface area contributed by atoms with Crippen LogP contribution in [0.5, 0.6) is 0 Å². The van der Waals surface area contributed by atoms with Gasteiger partial charge in [-0.05, 0) is 24.6 Å². The molecule has 1 fully saturated rings. The first kappa shape index (κ1) is 17.5. The van der Waals surface area contributed by atoms with Crippen molar-refractivity contribution in [3.05, 3.63) is 28.8 Å². The quantitative estimate of drug-likeness (QED) is 0.802. The van der Waals surface area contributed by atoms with E-state index in [4.69, 9.17) is 23.8 Å². The predicted molar refractivity (Wildman–Crippen MR) is 98.1 cm³/mol. The summed E-state index contributed by atoms with van der Waals surface area (Å²) in [5.41, 5.74) is 1.64. The molecule has 1 amide bonds. The van der Waals surface area contributed by atoms with Gasteiger partial charge < -0.3 is 15.1 Å². The fourth-order valence-electron chi connectivity index (χ4n) is 2.22. The summed E-state index contributed by atoms with van der Waals surface area (Å²) in [6.07, 6.45) is 0. The fourth-order valence-corrected chi connectivity index (χ4v) is 3.44. The van der Waals surface area contributed by atoms with Crippen LogP contribution in [0.2, 0.25) is 5.02 Å². The number of anilines is 1. The maximum atomic E-state index is 12.1. The van der Waals surface area contributed by atoms with Crippen molar-refractivity contribution in [1.29, 1.82) is 0 Å². The summed E-state index contributed by atoms with van der Waals surface area (Å²) in [6.45, 7) is 6.00. The summed E-state index contributed by atoms with van der Waals surface area (Å²) in [7, 11) is 2.19. The lowest BCUT2D eigenvalue weighted by Crippen LogP contribution is -3.12. The Morgan fingerprint density at radius 3 is 2.82 bits per heavy atom. The van der Waals surface area contributed by atoms with Crippen molar-refractivity contribution < 1.29 is 9.69 Å². The number of piperazine rings is 1. The zero-order valence-corrected chi connectivity index (χ0v) is 15.2. The van der Waals surface area contributed by atoms with Gasteiger partial charge in [0.05, 0.1) is 39.0 Å². The molecule has 0 saturated carbocycles. The minimum atomic E-state index is -0.0579. The van der Waals surface area contributed by atoms with Gasteiger partial charge in [-0.3, -0.25) is 4.79 Å². The molecule has 0 spiro atoms. The summed E-state index contributed by atoms with van der Waals surface area (Å²) in [6, 6.07) is 5.49. The molecule has 120 valence electrons. The Bertz CT molecular complexity index is 560. The Balaban J connectivity index is 1.80. The molecule has 0 radical (unpaired) electrons. The monoisotopic (exact) mass is 358 g/mol. The van der Waals surface area contributed by atoms with Crippen molar-refractivity contribution in [3.63, 3.8) is 0 Å². The van der Waals surface area contributed by atoms with Crippen LogP contribution < -0.4 is 10.2 Å². The van der Waals surface area contributed by atoms with Crippen LogP contribution in [0.3, 0.4) is 0 Å². The first-order valence-corrected chi connectivity index (χ1v) is 9.02. The first-order chi connectivity index (χ1) is 10.5. The van der Waals surface area contributed by atoms with E-state index in [9.17, 15) is 4.79 Å². The molecule has 0 unspecified atom stereocenters. The number of rotatable bonds is 3. The molecule has 1 aromatic rings. The minimum absolute atomic E-state index is 0.0579. The molecule has 1 heterocycles. The van der Waals surface area contributed by atoms with Crippen molar-refractivity contribution in [2.75, 3.05) is 44.3 Å². The molecule has 0 aliphatic carbocycles. The molecule has 22 heavy (non-hydrogen) atoms. The first-order valence-electron chi connectivity index (χ1n) is 7.25. The topological polar surface area (TPSA) is 36.8 Å². The van der Waals surface area contributed by atoms with Gasteiger partial charge in [-0.1, -0.05) is 41.6 Å². The van der Waals surface area contributed by atoms with E-state index < -0.39 is 0 Å². The lowest BCUT2D eigenvalue weighted by atomic mass is 10.2. The Labute approximate surface area is 146 Å². The van der Waals surface area contributed by atoms with Crippen LogP contribution in [0.15, 0.2) is 18.2 Å². The van der Waals surface area contributed by atoms with Gasteiger partial charge in [0.2, 0.25) is 5.91 Å². The van der Waals surface area contributed by atoms with Crippen LogP contribution in [0.1, 0.15) is 5.56 Å². The normalized spacial score (nSPS) is 15.7. The second-order valence-electron chi connectivity index (χ2n) is 5.46.